The van der Waals surface area contributed by atoms with Gasteiger partial charge in [0.2, 0.25) is 6.29 Å². The fourth-order valence-electron chi connectivity index (χ4n) is 1.82. The minimum Gasteiger partial charge on any atom is -0.436 e. The van der Waals surface area contributed by atoms with Crippen LogP contribution in [-0.4, -0.2) is 17.4 Å². The molecule has 0 aliphatic heterocycles. The van der Waals surface area contributed by atoms with Crippen molar-refractivity contribution in [2.45, 2.75) is 72.0 Å². The molecule has 0 amide bonds. The number of allylic oxidation sites excluding steroid dienone is 4. The zero-order chi connectivity index (χ0) is 15.2. The number of hydrogen-bond donors (Lipinski definition) is 1. The molecule has 0 heterocycles. The molecule has 116 valence electrons. The van der Waals surface area contributed by atoms with Gasteiger partial charge in [-0.05, 0) is 25.2 Å². The summed E-state index contributed by atoms with van der Waals surface area (Å²) in [7, 11) is 0. The molecule has 0 spiro atoms. The lowest BCUT2D eigenvalue weighted by Gasteiger charge is -2.09. The summed E-state index contributed by atoms with van der Waals surface area (Å²) in [5.74, 6) is 0.192. The van der Waals surface area contributed by atoms with E-state index in [1.54, 1.807) is 0 Å². The highest BCUT2D eigenvalue weighted by Gasteiger charge is 2.05. The number of aliphatic hydroxyl groups excluding tert-OH is 1. The topological polar surface area (TPSA) is 46.5 Å². The van der Waals surface area contributed by atoms with Gasteiger partial charge in [-0.25, -0.2) is 0 Å². The van der Waals surface area contributed by atoms with Crippen LogP contribution >= 0.6 is 0 Å². The highest BCUT2D eigenvalue weighted by atomic mass is 16.6. The number of rotatable bonds is 11. The maximum Gasteiger partial charge on any atom is 0.304 e. The third kappa shape index (κ3) is 15.0. The predicted molar refractivity (Wildman–Crippen MR) is 83.2 cm³/mol. The Hall–Kier alpha value is -1.09. The SMILES string of the molecule is CC(=O)OC(O)CCCCCCCC=CC=CC(C)C. The van der Waals surface area contributed by atoms with Gasteiger partial charge in [-0.15, -0.1) is 0 Å². The second-order valence-corrected chi connectivity index (χ2v) is 5.47. The van der Waals surface area contributed by atoms with Gasteiger partial charge in [-0.1, -0.05) is 57.4 Å². The van der Waals surface area contributed by atoms with Crippen LogP contribution in [0.25, 0.3) is 0 Å². The Kier molecular flexibility index (Phi) is 12.2. The fourth-order valence-corrected chi connectivity index (χ4v) is 1.82. The van der Waals surface area contributed by atoms with Crippen LogP contribution in [0.2, 0.25) is 0 Å². The molecule has 3 nitrogen and oxygen atoms in total. The number of carbonyl (C=O) groups is 1. The van der Waals surface area contributed by atoms with Crippen LogP contribution in [0.4, 0.5) is 0 Å². The lowest BCUT2D eigenvalue weighted by atomic mass is 10.1. The van der Waals surface area contributed by atoms with Crippen molar-refractivity contribution in [2.24, 2.45) is 5.92 Å². The molecule has 0 aliphatic carbocycles. The van der Waals surface area contributed by atoms with Crippen LogP contribution < -0.4 is 0 Å². The predicted octanol–water partition coefficient (Wildman–Crippen LogP) is 4.37. The van der Waals surface area contributed by atoms with Gasteiger partial charge < -0.3 is 9.84 Å². The summed E-state index contributed by atoms with van der Waals surface area (Å²) in [5, 5.41) is 9.32. The first-order valence-electron chi connectivity index (χ1n) is 7.71. The van der Waals surface area contributed by atoms with Crippen LogP contribution in [-0.2, 0) is 9.53 Å². The van der Waals surface area contributed by atoms with Crippen LogP contribution in [0.3, 0.4) is 0 Å². The van der Waals surface area contributed by atoms with E-state index < -0.39 is 12.3 Å². The minimum atomic E-state index is -0.928. The average molecular weight is 282 g/mol. The average Bonchev–Trinajstić information content (AvgIpc) is 2.34. The van der Waals surface area contributed by atoms with E-state index in [1.165, 1.54) is 26.2 Å². The Morgan fingerprint density at radius 1 is 1.10 bits per heavy atom. The van der Waals surface area contributed by atoms with E-state index >= 15 is 0 Å². The molecule has 0 aromatic carbocycles. The molecule has 0 rings (SSSR count). The molecular formula is C17H30O3. The zero-order valence-corrected chi connectivity index (χ0v) is 13.2. The zero-order valence-electron chi connectivity index (χ0n) is 13.2. The van der Waals surface area contributed by atoms with Gasteiger partial charge in [-0.3, -0.25) is 4.79 Å². The molecule has 0 radical (unpaired) electrons. The van der Waals surface area contributed by atoms with E-state index in [2.05, 4.69) is 42.9 Å². The van der Waals surface area contributed by atoms with E-state index in [1.807, 2.05) is 0 Å². The molecule has 0 saturated carbocycles. The van der Waals surface area contributed by atoms with E-state index in [4.69, 9.17) is 0 Å². The lowest BCUT2D eigenvalue weighted by Crippen LogP contribution is -2.14. The molecule has 0 aliphatic rings. The molecule has 0 aromatic rings. The van der Waals surface area contributed by atoms with Gasteiger partial charge in [0.05, 0.1) is 0 Å². The number of aliphatic hydroxyl groups is 1. The second-order valence-electron chi connectivity index (χ2n) is 5.47. The van der Waals surface area contributed by atoms with Crippen LogP contribution in [0, 0.1) is 5.92 Å². The number of esters is 1. The third-order valence-electron chi connectivity index (χ3n) is 2.87. The van der Waals surface area contributed by atoms with Crippen molar-refractivity contribution in [1.82, 2.24) is 0 Å². The number of carbonyl (C=O) groups excluding carboxylic acids is 1. The number of unbranched alkanes of at least 4 members (excludes halogenated alkanes) is 5. The van der Waals surface area contributed by atoms with Gasteiger partial charge in [0.15, 0.2) is 0 Å². The quantitative estimate of drug-likeness (QED) is 0.265. The van der Waals surface area contributed by atoms with Crippen LogP contribution in [0.15, 0.2) is 24.3 Å². The highest BCUT2D eigenvalue weighted by molar-refractivity contribution is 5.65. The Morgan fingerprint density at radius 2 is 1.75 bits per heavy atom. The second kappa shape index (κ2) is 12.9. The number of hydrogen-bond acceptors (Lipinski definition) is 3. The Labute approximate surface area is 123 Å². The molecule has 0 aromatic heterocycles. The lowest BCUT2D eigenvalue weighted by molar-refractivity contribution is -0.165. The van der Waals surface area contributed by atoms with Gasteiger partial charge in [0.1, 0.15) is 0 Å². The van der Waals surface area contributed by atoms with Gasteiger partial charge in [0.25, 0.3) is 0 Å². The van der Waals surface area contributed by atoms with Crippen molar-refractivity contribution in [2.75, 3.05) is 0 Å². The Balaban J connectivity index is 3.30. The Bertz CT molecular complexity index is 293. The van der Waals surface area contributed by atoms with Gasteiger partial charge in [-0.2, -0.15) is 0 Å². The van der Waals surface area contributed by atoms with Crippen molar-refractivity contribution in [3.8, 4) is 0 Å². The summed E-state index contributed by atoms with van der Waals surface area (Å²) < 4.78 is 4.65. The van der Waals surface area contributed by atoms with E-state index in [0.29, 0.717) is 12.3 Å². The maximum atomic E-state index is 10.6. The summed E-state index contributed by atoms with van der Waals surface area (Å²) in [6.07, 6.45) is 14.9. The maximum absolute atomic E-state index is 10.6. The molecule has 1 atom stereocenters. The standard InChI is InChI=1S/C17H30O3/c1-15(2)13-11-9-7-5-4-6-8-10-12-14-17(19)20-16(3)18/h7,9,11,13,15,17,19H,4-6,8,10,12,14H2,1-3H3. The third-order valence-corrected chi connectivity index (χ3v) is 2.87. The van der Waals surface area contributed by atoms with Gasteiger partial charge in [0, 0.05) is 13.3 Å². The molecule has 0 fully saturated rings. The van der Waals surface area contributed by atoms with E-state index in [9.17, 15) is 9.90 Å². The first-order valence-corrected chi connectivity index (χ1v) is 7.71. The summed E-state index contributed by atoms with van der Waals surface area (Å²) >= 11 is 0. The minimum absolute atomic E-state index is 0.421. The molecular weight excluding hydrogens is 252 g/mol. The largest absolute Gasteiger partial charge is 0.436 e. The van der Waals surface area contributed by atoms with Crippen molar-refractivity contribution >= 4 is 5.97 Å². The van der Waals surface area contributed by atoms with E-state index in [0.717, 1.165) is 19.3 Å². The number of ether oxygens (including phenoxy) is 1. The smallest absolute Gasteiger partial charge is 0.304 e. The van der Waals surface area contributed by atoms with Crippen molar-refractivity contribution in [1.29, 1.82) is 0 Å². The molecule has 0 saturated heterocycles. The summed E-state index contributed by atoms with van der Waals surface area (Å²) in [6, 6.07) is 0. The highest BCUT2D eigenvalue weighted by Crippen LogP contribution is 2.09. The molecule has 3 heteroatoms. The molecule has 20 heavy (non-hydrogen) atoms. The van der Waals surface area contributed by atoms with Gasteiger partial charge >= 0.3 is 5.97 Å². The molecule has 1 N–H and O–H groups in total. The van der Waals surface area contributed by atoms with Crippen molar-refractivity contribution in [3.63, 3.8) is 0 Å². The van der Waals surface area contributed by atoms with Crippen LogP contribution in [0.5, 0.6) is 0 Å². The van der Waals surface area contributed by atoms with Crippen molar-refractivity contribution < 1.29 is 14.6 Å². The molecule has 1 unspecified atom stereocenters. The van der Waals surface area contributed by atoms with E-state index in [-0.39, 0.29) is 0 Å². The Morgan fingerprint density at radius 3 is 2.40 bits per heavy atom. The van der Waals surface area contributed by atoms with Crippen LogP contribution in [0.1, 0.15) is 65.7 Å². The van der Waals surface area contributed by atoms with Crippen molar-refractivity contribution in [3.05, 3.63) is 24.3 Å². The fraction of sp³-hybridized carbons (Fsp3) is 0.706. The molecule has 0 bridgehead atoms. The first kappa shape index (κ1) is 18.9. The normalized spacial score (nSPS) is 13.4. The summed E-state index contributed by atoms with van der Waals surface area (Å²) in [6.45, 7) is 5.65. The summed E-state index contributed by atoms with van der Waals surface area (Å²) in [5.41, 5.74) is 0. The summed E-state index contributed by atoms with van der Waals surface area (Å²) in [4.78, 5) is 10.6. The monoisotopic (exact) mass is 282 g/mol. The first-order chi connectivity index (χ1) is 9.52.